The number of hydrogen-bond acceptors (Lipinski definition) is 5. The minimum atomic E-state index is -3.61. The Kier molecular flexibility index (Phi) is 4.62. The summed E-state index contributed by atoms with van der Waals surface area (Å²) in [5.41, 5.74) is 0. The highest BCUT2D eigenvalue weighted by Crippen LogP contribution is 2.25. The lowest BCUT2D eigenvalue weighted by Crippen LogP contribution is -2.40. The number of furan rings is 1. The Balaban J connectivity index is 2.03. The molecule has 1 saturated heterocycles. The number of carbonyl (C=O) groups is 1. The van der Waals surface area contributed by atoms with Crippen LogP contribution in [0.4, 0.5) is 0 Å². The van der Waals surface area contributed by atoms with E-state index in [2.05, 4.69) is 4.90 Å². The van der Waals surface area contributed by atoms with Crippen molar-refractivity contribution >= 4 is 16.3 Å². The van der Waals surface area contributed by atoms with E-state index in [-0.39, 0.29) is 10.9 Å². The summed E-state index contributed by atoms with van der Waals surface area (Å²) < 4.78 is 31.2. The van der Waals surface area contributed by atoms with Crippen molar-refractivity contribution in [2.45, 2.75) is 17.9 Å². The van der Waals surface area contributed by atoms with Crippen molar-refractivity contribution in [2.24, 2.45) is 5.92 Å². The van der Waals surface area contributed by atoms with Crippen LogP contribution in [0.15, 0.2) is 21.6 Å². The lowest BCUT2D eigenvalue weighted by molar-refractivity contribution is 0.109. The first-order chi connectivity index (χ1) is 9.43. The van der Waals surface area contributed by atoms with Gasteiger partial charge in [-0.05, 0) is 45.0 Å². The first kappa shape index (κ1) is 15.2. The minimum absolute atomic E-state index is 0.0334. The summed E-state index contributed by atoms with van der Waals surface area (Å²) >= 11 is 0. The molecule has 7 heteroatoms. The lowest BCUT2D eigenvalue weighted by Gasteiger charge is -2.31. The molecule has 0 amide bonds. The predicted octanol–water partition coefficient (Wildman–Crippen LogP) is 1.05. The molecule has 0 aromatic carbocycles. The molecule has 1 aromatic rings. The van der Waals surface area contributed by atoms with E-state index in [4.69, 9.17) is 4.42 Å². The lowest BCUT2D eigenvalue weighted by atomic mass is 9.98. The molecule has 1 aliphatic rings. The van der Waals surface area contributed by atoms with Crippen LogP contribution in [0.3, 0.4) is 0 Å². The zero-order chi connectivity index (χ0) is 14.8. The molecule has 0 unspecified atom stereocenters. The average molecular weight is 300 g/mol. The highest BCUT2D eigenvalue weighted by Gasteiger charge is 2.31. The Morgan fingerprint density at radius 3 is 2.50 bits per heavy atom. The van der Waals surface area contributed by atoms with Gasteiger partial charge >= 0.3 is 0 Å². The van der Waals surface area contributed by atoms with Gasteiger partial charge in [-0.15, -0.1) is 0 Å². The molecule has 0 atom stereocenters. The van der Waals surface area contributed by atoms with Crippen molar-refractivity contribution in [2.75, 3.05) is 33.7 Å². The fourth-order valence-electron chi connectivity index (χ4n) is 2.51. The van der Waals surface area contributed by atoms with Crippen LogP contribution in [0, 0.1) is 5.92 Å². The number of rotatable bonds is 5. The second kappa shape index (κ2) is 6.07. The molecule has 0 bridgehead atoms. The van der Waals surface area contributed by atoms with Crippen molar-refractivity contribution in [3.8, 4) is 0 Å². The van der Waals surface area contributed by atoms with Crippen molar-refractivity contribution in [3.05, 3.63) is 17.9 Å². The van der Waals surface area contributed by atoms with Gasteiger partial charge in [0.05, 0.1) is 0 Å². The second-order valence-electron chi connectivity index (χ2n) is 5.38. The van der Waals surface area contributed by atoms with Crippen molar-refractivity contribution in [1.82, 2.24) is 9.21 Å². The minimum Gasteiger partial charge on any atom is -0.440 e. The van der Waals surface area contributed by atoms with Crippen molar-refractivity contribution < 1.29 is 17.6 Å². The van der Waals surface area contributed by atoms with Gasteiger partial charge in [-0.1, -0.05) is 0 Å². The summed E-state index contributed by atoms with van der Waals surface area (Å²) in [4.78, 5) is 12.7. The molecule has 20 heavy (non-hydrogen) atoms. The van der Waals surface area contributed by atoms with E-state index in [0.29, 0.717) is 25.3 Å². The highest BCUT2D eigenvalue weighted by molar-refractivity contribution is 7.89. The third-order valence-electron chi connectivity index (χ3n) is 3.51. The first-order valence-electron chi connectivity index (χ1n) is 6.63. The third-order valence-corrected chi connectivity index (χ3v) is 5.28. The van der Waals surface area contributed by atoms with Gasteiger partial charge in [0, 0.05) is 19.6 Å². The molecular weight excluding hydrogens is 280 g/mol. The van der Waals surface area contributed by atoms with Crippen LogP contribution in [0.2, 0.25) is 0 Å². The van der Waals surface area contributed by atoms with Crippen LogP contribution < -0.4 is 0 Å². The Morgan fingerprint density at radius 1 is 1.35 bits per heavy atom. The van der Waals surface area contributed by atoms with Crippen LogP contribution in [-0.4, -0.2) is 57.6 Å². The van der Waals surface area contributed by atoms with E-state index >= 15 is 0 Å². The van der Waals surface area contributed by atoms with Gasteiger partial charge in [0.2, 0.25) is 5.09 Å². The van der Waals surface area contributed by atoms with E-state index in [9.17, 15) is 13.2 Å². The quantitative estimate of drug-likeness (QED) is 0.760. The smallest absolute Gasteiger partial charge is 0.276 e. The molecule has 2 rings (SSSR count). The SMILES string of the molecule is CN(C)CC1CCN(S(=O)(=O)c2ccc(C=O)o2)CC1. The largest absolute Gasteiger partial charge is 0.440 e. The Labute approximate surface area is 119 Å². The molecule has 0 radical (unpaired) electrons. The monoisotopic (exact) mass is 300 g/mol. The number of carbonyl (C=O) groups excluding carboxylic acids is 1. The van der Waals surface area contributed by atoms with Gasteiger partial charge in [-0.25, -0.2) is 8.42 Å². The van der Waals surface area contributed by atoms with E-state index < -0.39 is 10.0 Å². The molecule has 112 valence electrons. The summed E-state index contributed by atoms with van der Waals surface area (Å²) in [6.07, 6.45) is 2.19. The molecule has 0 aliphatic carbocycles. The van der Waals surface area contributed by atoms with Crippen LogP contribution in [-0.2, 0) is 10.0 Å². The van der Waals surface area contributed by atoms with Gasteiger partial charge in [0.25, 0.3) is 10.0 Å². The number of piperidine rings is 1. The van der Waals surface area contributed by atoms with Gasteiger partial charge in [-0.2, -0.15) is 4.31 Å². The molecule has 1 fully saturated rings. The number of sulfonamides is 1. The maximum Gasteiger partial charge on any atom is 0.276 e. The molecule has 0 N–H and O–H groups in total. The first-order valence-corrected chi connectivity index (χ1v) is 8.07. The van der Waals surface area contributed by atoms with E-state index in [1.165, 1.54) is 16.4 Å². The normalized spacial score (nSPS) is 18.6. The van der Waals surface area contributed by atoms with Gasteiger partial charge in [0.1, 0.15) is 0 Å². The molecule has 6 nitrogen and oxygen atoms in total. The Bertz CT molecular complexity index is 557. The molecule has 2 heterocycles. The maximum absolute atomic E-state index is 12.4. The zero-order valence-corrected chi connectivity index (χ0v) is 12.6. The van der Waals surface area contributed by atoms with E-state index in [1.807, 2.05) is 14.1 Å². The molecule has 0 saturated carbocycles. The molecule has 1 aromatic heterocycles. The topological polar surface area (TPSA) is 70.8 Å². The number of nitrogens with zero attached hydrogens (tertiary/aromatic N) is 2. The highest BCUT2D eigenvalue weighted by atomic mass is 32.2. The standard InChI is InChI=1S/C13H20N2O4S/c1-14(2)9-11-5-7-15(8-6-11)20(17,18)13-4-3-12(10-16)19-13/h3-4,10-11H,5-9H2,1-2H3. The summed E-state index contributed by atoms with van der Waals surface area (Å²) in [6.45, 7) is 1.97. The van der Waals surface area contributed by atoms with Crippen LogP contribution in [0.5, 0.6) is 0 Å². The zero-order valence-electron chi connectivity index (χ0n) is 11.8. The molecule has 1 aliphatic heterocycles. The fraction of sp³-hybridized carbons (Fsp3) is 0.615. The average Bonchev–Trinajstić information content (AvgIpc) is 2.88. The third kappa shape index (κ3) is 3.28. The predicted molar refractivity (Wildman–Crippen MR) is 74.1 cm³/mol. The van der Waals surface area contributed by atoms with Crippen molar-refractivity contribution in [1.29, 1.82) is 0 Å². The summed E-state index contributed by atoms with van der Waals surface area (Å²) in [5, 5.41) is -0.148. The van der Waals surface area contributed by atoms with Crippen molar-refractivity contribution in [3.63, 3.8) is 0 Å². The maximum atomic E-state index is 12.4. The van der Waals surface area contributed by atoms with E-state index in [1.54, 1.807) is 0 Å². The fourth-order valence-corrected chi connectivity index (χ4v) is 3.90. The van der Waals surface area contributed by atoms with Crippen LogP contribution >= 0.6 is 0 Å². The Morgan fingerprint density at radius 2 is 2.00 bits per heavy atom. The molecular formula is C13H20N2O4S. The summed E-state index contributed by atoms with van der Waals surface area (Å²) in [6, 6.07) is 2.71. The van der Waals surface area contributed by atoms with Gasteiger partial charge < -0.3 is 9.32 Å². The van der Waals surface area contributed by atoms with Gasteiger partial charge in [-0.3, -0.25) is 4.79 Å². The molecule has 0 spiro atoms. The van der Waals surface area contributed by atoms with Crippen LogP contribution in [0.25, 0.3) is 0 Å². The second-order valence-corrected chi connectivity index (χ2v) is 7.25. The summed E-state index contributed by atoms with van der Waals surface area (Å²) in [7, 11) is 0.432. The Hall–Kier alpha value is -1.18. The number of aldehydes is 1. The number of hydrogen-bond donors (Lipinski definition) is 0. The van der Waals surface area contributed by atoms with Crippen LogP contribution in [0.1, 0.15) is 23.4 Å². The summed E-state index contributed by atoms with van der Waals surface area (Å²) in [5.74, 6) is 0.560. The van der Waals surface area contributed by atoms with E-state index in [0.717, 1.165) is 19.4 Å². The van der Waals surface area contributed by atoms with Gasteiger partial charge in [0.15, 0.2) is 12.0 Å².